The molecule has 0 bridgehead atoms. The zero-order valence-electron chi connectivity index (χ0n) is 17.9. The molecule has 2 aromatic heterocycles. The monoisotopic (exact) mass is 505 g/mol. The van der Waals surface area contributed by atoms with Crippen molar-refractivity contribution in [1.82, 2.24) is 24.4 Å². The Morgan fingerprint density at radius 3 is 2.67 bits per heavy atom. The maximum absolute atomic E-state index is 12.4. The van der Waals surface area contributed by atoms with E-state index in [0.29, 0.717) is 22.1 Å². The molecule has 3 rings (SSSR count). The van der Waals surface area contributed by atoms with Gasteiger partial charge in [0.15, 0.2) is 0 Å². The molecule has 0 radical (unpaired) electrons. The van der Waals surface area contributed by atoms with Crippen LogP contribution in [-0.4, -0.2) is 47.3 Å². The topological polar surface area (TPSA) is 98.0 Å². The second-order valence-electron chi connectivity index (χ2n) is 7.55. The molecule has 0 fully saturated rings. The second kappa shape index (κ2) is 9.64. The van der Waals surface area contributed by atoms with Gasteiger partial charge < -0.3 is 9.88 Å². The molecule has 0 aliphatic carbocycles. The maximum atomic E-state index is 12.4. The molecule has 0 atom stereocenters. The van der Waals surface area contributed by atoms with Gasteiger partial charge in [-0.3, -0.25) is 4.68 Å². The fourth-order valence-corrected chi connectivity index (χ4v) is 4.65. The molecule has 13 heteroatoms. The van der Waals surface area contributed by atoms with Crippen molar-refractivity contribution in [2.75, 3.05) is 12.3 Å². The number of hydrogen-bond acceptors (Lipinski definition) is 4. The van der Waals surface area contributed by atoms with E-state index in [0.717, 1.165) is 10.9 Å². The molecule has 0 aliphatic rings. The van der Waals surface area contributed by atoms with Crippen molar-refractivity contribution in [1.29, 1.82) is 0 Å². The minimum Gasteiger partial charge on any atom is -0.337 e. The van der Waals surface area contributed by atoms with Crippen LogP contribution >= 0.6 is 11.6 Å². The Kier molecular flexibility index (Phi) is 7.27. The first-order valence-electron chi connectivity index (χ1n) is 10.0. The third-order valence-corrected chi connectivity index (χ3v) is 6.46. The summed E-state index contributed by atoms with van der Waals surface area (Å²) in [7, 11) is -2.29. The van der Waals surface area contributed by atoms with Crippen molar-refractivity contribution < 1.29 is 26.4 Å². The van der Waals surface area contributed by atoms with Gasteiger partial charge in [0.05, 0.1) is 17.0 Å². The number of carbonyl (C=O) groups is 1. The lowest BCUT2D eigenvalue weighted by Gasteiger charge is -2.12. The molecule has 33 heavy (non-hydrogen) atoms. The Bertz CT molecular complexity index is 1270. The first-order valence-corrected chi connectivity index (χ1v) is 12.0. The average molecular weight is 506 g/mol. The van der Waals surface area contributed by atoms with Crippen LogP contribution in [0.15, 0.2) is 30.5 Å². The number of aryl methyl sites for hydroxylation is 2. The van der Waals surface area contributed by atoms with E-state index in [1.54, 1.807) is 24.7 Å². The van der Waals surface area contributed by atoms with Crippen molar-refractivity contribution in [3.63, 3.8) is 0 Å². The number of nitrogens with zero attached hydrogens (tertiary/aromatic N) is 3. The van der Waals surface area contributed by atoms with E-state index in [1.807, 2.05) is 33.7 Å². The number of sulfonamides is 1. The van der Waals surface area contributed by atoms with Gasteiger partial charge in [-0.15, -0.1) is 0 Å². The summed E-state index contributed by atoms with van der Waals surface area (Å²) in [5, 5.41) is 8.03. The van der Waals surface area contributed by atoms with Crippen LogP contribution in [0.25, 0.3) is 16.7 Å². The normalized spacial score (nSPS) is 12.3. The molecule has 0 aliphatic heterocycles. The highest BCUT2D eigenvalue weighted by molar-refractivity contribution is 7.90. The molecule has 0 unspecified atom stereocenters. The van der Waals surface area contributed by atoms with Crippen LogP contribution in [0.2, 0.25) is 5.02 Å². The van der Waals surface area contributed by atoms with Crippen molar-refractivity contribution in [3.8, 4) is 5.82 Å². The lowest BCUT2D eigenvalue weighted by molar-refractivity contribution is -0.135. The summed E-state index contributed by atoms with van der Waals surface area (Å²) in [5.41, 5.74) is 2.18. The van der Waals surface area contributed by atoms with E-state index in [1.165, 1.54) is 0 Å². The van der Waals surface area contributed by atoms with Crippen LogP contribution in [0, 0.1) is 6.92 Å². The van der Waals surface area contributed by atoms with Gasteiger partial charge >= 0.3 is 12.2 Å². The number of amides is 2. The SMILES string of the molecule is Cc1nn(C)c(-n2ccc3cc(Cl)ccc32)c1CCS(=O)(=O)NC(=O)NCCCC(F)(F)F. The zero-order chi connectivity index (χ0) is 24.4. The number of urea groups is 1. The Labute approximate surface area is 193 Å². The van der Waals surface area contributed by atoms with Crippen LogP contribution in [0.5, 0.6) is 0 Å². The number of nitrogens with one attached hydrogen (secondary N) is 2. The summed E-state index contributed by atoms with van der Waals surface area (Å²) >= 11 is 6.06. The fraction of sp³-hybridized carbons (Fsp3) is 0.400. The zero-order valence-corrected chi connectivity index (χ0v) is 19.5. The molecule has 2 N–H and O–H groups in total. The van der Waals surface area contributed by atoms with Crippen LogP contribution < -0.4 is 10.0 Å². The first-order chi connectivity index (χ1) is 15.4. The Morgan fingerprint density at radius 2 is 1.97 bits per heavy atom. The molecule has 0 saturated carbocycles. The van der Waals surface area contributed by atoms with E-state index >= 15 is 0 Å². The maximum Gasteiger partial charge on any atom is 0.389 e. The van der Waals surface area contributed by atoms with E-state index in [2.05, 4.69) is 10.4 Å². The van der Waals surface area contributed by atoms with E-state index < -0.39 is 34.4 Å². The molecule has 2 heterocycles. The molecular formula is C20H23ClF3N5O3S. The van der Waals surface area contributed by atoms with Crippen LogP contribution in [0.3, 0.4) is 0 Å². The quantitative estimate of drug-likeness (QED) is 0.454. The predicted molar refractivity (Wildman–Crippen MR) is 119 cm³/mol. The number of aromatic nitrogens is 3. The third-order valence-electron chi connectivity index (χ3n) is 4.99. The summed E-state index contributed by atoms with van der Waals surface area (Å²) in [6.07, 6.45) is -3.84. The minimum atomic E-state index is -4.33. The number of alkyl halides is 3. The summed E-state index contributed by atoms with van der Waals surface area (Å²) in [6, 6.07) is 6.25. The highest BCUT2D eigenvalue weighted by Crippen LogP contribution is 2.27. The van der Waals surface area contributed by atoms with Gasteiger partial charge in [-0.1, -0.05) is 11.6 Å². The minimum absolute atomic E-state index is 0.0684. The van der Waals surface area contributed by atoms with Crippen molar-refractivity contribution in [2.45, 2.75) is 32.4 Å². The van der Waals surface area contributed by atoms with Crippen molar-refractivity contribution >= 4 is 38.6 Å². The van der Waals surface area contributed by atoms with E-state index in [-0.39, 0.29) is 19.4 Å². The summed E-state index contributed by atoms with van der Waals surface area (Å²) < 4.78 is 66.5. The van der Waals surface area contributed by atoms with Gasteiger partial charge in [0.2, 0.25) is 10.0 Å². The second-order valence-corrected chi connectivity index (χ2v) is 9.82. The van der Waals surface area contributed by atoms with Gasteiger partial charge in [-0.25, -0.2) is 17.9 Å². The highest BCUT2D eigenvalue weighted by Gasteiger charge is 2.26. The number of carbonyl (C=O) groups excluding carboxylic acids is 1. The number of rotatable bonds is 8. The number of fused-ring (bicyclic) bond motifs is 1. The van der Waals surface area contributed by atoms with Crippen molar-refractivity contribution in [3.05, 3.63) is 46.7 Å². The van der Waals surface area contributed by atoms with Crippen LogP contribution in [0.1, 0.15) is 24.1 Å². The molecule has 8 nitrogen and oxygen atoms in total. The highest BCUT2D eigenvalue weighted by atomic mass is 35.5. The first kappa shape index (κ1) is 24.9. The largest absolute Gasteiger partial charge is 0.389 e. The third kappa shape index (κ3) is 6.41. The molecule has 0 spiro atoms. The predicted octanol–water partition coefficient (Wildman–Crippen LogP) is 3.84. The molecule has 1 aromatic carbocycles. The van der Waals surface area contributed by atoms with Gasteiger partial charge in [-0.2, -0.15) is 18.3 Å². The summed E-state index contributed by atoms with van der Waals surface area (Å²) in [4.78, 5) is 11.8. The Hall–Kier alpha value is -2.73. The number of hydrogen-bond donors (Lipinski definition) is 2. The Morgan fingerprint density at radius 1 is 1.24 bits per heavy atom. The van der Waals surface area contributed by atoms with Gasteiger partial charge in [0.25, 0.3) is 0 Å². The van der Waals surface area contributed by atoms with Crippen LogP contribution in [0.4, 0.5) is 18.0 Å². The molecule has 180 valence electrons. The van der Waals surface area contributed by atoms with Crippen molar-refractivity contribution in [2.24, 2.45) is 7.05 Å². The fourth-order valence-electron chi connectivity index (χ4n) is 3.54. The number of halogens is 4. The standard InChI is InChI=1S/C20H23ClF3N5O3S/c1-13-16(7-11-33(31,32)27-19(30)25-9-3-8-20(22,23)24)18(28(2)26-13)29-10-6-14-12-15(21)4-5-17(14)29/h4-6,10,12H,3,7-9,11H2,1-2H3,(H2,25,27,30). The lowest BCUT2D eigenvalue weighted by atomic mass is 10.2. The molecular weight excluding hydrogens is 483 g/mol. The smallest absolute Gasteiger partial charge is 0.337 e. The van der Waals surface area contributed by atoms with Gasteiger partial charge in [0.1, 0.15) is 5.82 Å². The van der Waals surface area contributed by atoms with Gasteiger partial charge in [0, 0.05) is 42.2 Å². The Balaban J connectivity index is 1.69. The average Bonchev–Trinajstić information content (AvgIpc) is 3.21. The molecule has 2 amide bonds. The number of benzene rings is 1. The van der Waals surface area contributed by atoms with E-state index in [4.69, 9.17) is 11.6 Å². The van der Waals surface area contributed by atoms with Gasteiger partial charge in [-0.05, 0) is 44.0 Å². The summed E-state index contributed by atoms with van der Waals surface area (Å²) in [5.74, 6) is 0.268. The van der Waals surface area contributed by atoms with E-state index in [9.17, 15) is 26.4 Å². The lowest BCUT2D eigenvalue weighted by Crippen LogP contribution is -2.41. The summed E-state index contributed by atoms with van der Waals surface area (Å²) in [6.45, 7) is 1.46. The molecule has 3 aromatic rings. The molecule has 0 saturated heterocycles. The van der Waals surface area contributed by atoms with Crippen LogP contribution in [-0.2, 0) is 23.5 Å².